The number of nitrogens with two attached hydrogens (primary N) is 1. The van der Waals surface area contributed by atoms with Gasteiger partial charge < -0.3 is 20.7 Å². The Morgan fingerprint density at radius 2 is 1.79 bits per heavy atom. The van der Waals surface area contributed by atoms with E-state index in [4.69, 9.17) is 10.5 Å². The van der Waals surface area contributed by atoms with E-state index >= 15 is 0 Å². The number of carbonyl (C=O) groups is 1. The fourth-order valence-corrected chi connectivity index (χ4v) is 3.78. The van der Waals surface area contributed by atoms with Crippen LogP contribution in [0.15, 0.2) is 0 Å². The molecule has 0 aromatic heterocycles. The first kappa shape index (κ1) is 23.9. The van der Waals surface area contributed by atoms with Gasteiger partial charge in [-0.1, -0.05) is 26.7 Å². The minimum absolute atomic E-state index is 0. The maximum atomic E-state index is 12.5. The number of nitrogens with zero attached hydrogens (tertiary/aromatic N) is 1. The van der Waals surface area contributed by atoms with Crippen LogP contribution in [0.25, 0.3) is 0 Å². The molecule has 7 heteroatoms. The van der Waals surface area contributed by atoms with E-state index in [1.165, 1.54) is 19.3 Å². The highest BCUT2D eigenvalue weighted by Crippen LogP contribution is 2.26. The summed E-state index contributed by atoms with van der Waals surface area (Å²) in [6.45, 7) is 8.18. The van der Waals surface area contributed by atoms with E-state index in [1.807, 2.05) is 0 Å². The predicted octanol–water partition coefficient (Wildman–Crippen LogP) is 2.35. The van der Waals surface area contributed by atoms with Gasteiger partial charge in [-0.2, -0.15) is 0 Å². The molecule has 0 aromatic rings. The molecule has 0 aromatic carbocycles. The van der Waals surface area contributed by atoms with E-state index in [1.54, 1.807) is 0 Å². The number of hydrogen-bond donors (Lipinski definition) is 2. The first-order valence-electron chi connectivity index (χ1n) is 9.06. The molecule has 1 saturated carbocycles. The molecule has 5 nitrogen and oxygen atoms in total. The predicted molar refractivity (Wildman–Crippen MR) is 103 cm³/mol. The summed E-state index contributed by atoms with van der Waals surface area (Å²) in [6.07, 6.45) is 6.31. The molecule has 2 fully saturated rings. The molecule has 0 radical (unpaired) electrons. The summed E-state index contributed by atoms with van der Waals surface area (Å²) in [5.41, 5.74) is 5.63. The second-order valence-corrected chi connectivity index (χ2v) is 6.71. The van der Waals surface area contributed by atoms with Crippen molar-refractivity contribution in [2.75, 3.05) is 26.2 Å². The summed E-state index contributed by atoms with van der Waals surface area (Å²) in [5, 5.41) is 3.28. The number of ether oxygens (including phenoxy) is 1. The van der Waals surface area contributed by atoms with E-state index < -0.39 is 0 Å². The molecule has 0 bridgehead atoms. The van der Waals surface area contributed by atoms with Crippen LogP contribution in [0.5, 0.6) is 0 Å². The lowest BCUT2D eigenvalue weighted by atomic mass is 9.84. The van der Waals surface area contributed by atoms with Gasteiger partial charge in [0.1, 0.15) is 6.10 Å². The van der Waals surface area contributed by atoms with Gasteiger partial charge in [0.05, 0.1) is 6.10 Å². The van der Waals surface area contributed by atoms with E-state index in [-0.39, 0.29) is 42.9 Å². The van der Waals surface area contributed by atoms with Crippen LogP contribution in [0.1, 0.15) is 52.4 Å². The molecule has 2 aliphatic rings. The smallest absolute Gasteiger partial charge is 0.249 e. The van der Waals surface area contributed by atoms with Gasteiger partial charge in [-0.3, -0.25) is 4.79 Å². The minimum Gasteiger partial charge on any atom is -0.364 e. The fourth-order valence-electron chi connectivity index (χ4n) is 3.78. The van der Waals surface area contributed by atoms with Crippen molar-refractivity contribution in [1.82, 2.24) is 10.2 Å². The third-order valence-electron chi connectivity index (χ3n) is 5.29. The van der Waals surface area contributed by atoms with Gasteiger partial charge in [-0.15, -0.1) is 24.8 Å². The Morgan fingerprint density at radius 3 is 2.38 bits per heavy atom. The van der Waals surface area contributed by atoms with E-state index in [0.717, 1.165) is 38.9 Å². The molecule has 1 saturated heterocycles. The van der Waals surface area contributed by atoms with Crippen molar-refractivity contribution in [3.8, 4) is 0 Å². The summed E-state index contributed by atoms with van der Waals surface area (Å²) in [4.78, 5) is 14.9. The standard InChI is InChI=1S/C17H33N3O2.2ClH/c1-3-20(4-2)12-13-7-5-6-8-15(13)19-17(21)16-10-9-14(11-18)22-16;;/h13-16H,3-12,18H2,1-2H3,(H,19,21);2*1H/t13?,14-,15?,16+;;/m1../s1. The maximum absolute atomic E-state index is 12.5. The molecule has 1 heterocycles. The molecule has 1 aliphatic heterocycles. The number of nitrogens with one attached hydrogen (secondary N) is 1. The molecule has 3 N–H and O–H groups in total. The topological polar surface area (TPSA) is 67.6 Å². The summed E-state index contributed by atoms with van der Waals surface area (Å²) >= 11 is 0. The third kappa shape index (κ3) is 6.68. The molecular formula is C17H35Cl2N3O2. The summed E-state index contributed by atoms with van der Waals surface area (Å²) in [7, 11) is 0. The van der Waals surface area contributed by atoms with E-state index in [2.05, 4.69) is 24.1 Å². The molecule has 1 amide bonds. The van der Waals surface area contributed by atoms with Gasteiger partial charge in [0.15, 0.2) is 0 Å². The van der Waals surface area contributed by atoms with Crippen molar-refractivity contribution >= 4 is 30.7 Å². The lowest BCUT2D eigenvalue weighted by molar-refractivity contribution is -0.133. The quantitative estimate of drug-likeness (QED) is 0.707. The largest absolute Gasteiger partial charge is 0.364 e. The Balaban J connectivity index is 0.00000264. The fraction of sp³-hybridized carbons (Fsp3) is 0.941. The number of rotatable bonds is 7. The van der Waals surface area contributed by atoms with Gasteiger partial charge in [0.2, 0.25) is 5.91 Å². The molecule has 4 atom stereocenters. The van der Waals surface area contributed by atoms with Crippen molar-refractivity contribution in [2.24, 2.45) is 11.7 Å². The first-order valence-corrected chi connectivity index (χ1v) is 9.06. The number of carbonyl (C=O) groups excluding carboxylic acids is 1. The Hall–Kier alpha value is -0.0700. The van der Waals surface area contributed by atoms with Crippen LogP contribution in [-0.4, -0.2) is 55.2 Å². The van der Waals surface area contributed by atoms with Crippen molar-refractivity contribution in [1.29, 1.82) is 0 Å². The van der Waals surface area contributed by atoms with Gasteiger partial charge in [0, 0.05) is 19.1 Å². The Labute approximate surface area is 159 Å². The zero-order valence-corrected chi connectivity index (χ0v) is 16.7. The van der Waals surface area contributed by atoms with Crippen LogP contribution in [0.3, 0.4) is 0 Å². The highest BCUT2D eigenvalue weighted by atomic mass is 35.5. The maximum Gasteiger partial charge on any atom is 0.249 e. The van der Waals surface area contributed by atoms with Gasteiger partial charge in [-0.05, 0) is 44.7 Å². The Morgan fingerprint density at radius 1 is 1.12 bits per heavy atom. The van der Waals surface area contributed by atoms with Gasteiger partial charge in [0.25, 0.3) is 0 Å². The Bertz CT molecular complexity index is 357. The van der Waals surface area contributed by atoms with Crippen molar-refractivity contribution in [2.45, 2.75) is 70.6 Å². The van der Waals surface area contributed by atoms with Crippen LogP contribution >= 0.6 is 24.8 Å². The SMILES string of the molecule is CCN(CC)CC1CCCCC1NC(=O)[C@@H]1CC[C@H](CN)O1.Cl.Cl. The highest BCUT2D eigenvalue weighted by Gasteiger charge is 2.33. The van der Waals surface area contributed by atoms with Crippen molar-refractivity contribution in [3.05, 3.63) is 0 Å². The first-order chi connectivity index (χ1) is 10.7. The lowest BCUT2D eigenvalue weighted by Gasteiger charge is -2.36. The van der Waals surface area contributed by atoms with Crippen LogP contribution in [0.4, 0.5) is 0 Å². The van der Waals surface area contributed by atoms with E-state index in [0.29, 0.717) is 18.5 Å². The average Bonchev–Trinajstić information content (AvgIpc) is 3.03. The van der Waals surface area contributed by atoms with E-state index in [9.17, 15) is 4.79 Å². The molecule has 2 rings (SSSR count). The van der Waals surface area contributed by atoms with Crippen molar-refractivity contribution in [3.63, 3.8) is 0 Å². The van der Waals surface area contributed by atoms with Crippen LogP contribution in [0.2, 0.25) is 0 Å². The summed E-state index contributed by atoms with van der Waals surface area (Å²) < 4.78 is 5.73. The van der Waals surface area contributed by atoms with Crippen LogP contribution < -0.4 is 11.1 Å². The molecule has 1 aliphatic carbocycles. The minimum atomic E-state index is -0.287. The Kier molecular flexibility index (Phi) is 12.3. The zero-order valence-electron chi connectivity index (χ0n) is 15.0. The second kappa shape index (κ2) is 12.3. The summed E-state index contributed by atoms with van der Waals surface area (Å²) in [6, 6.07) is 0.308. The third-order valence-corrected chi connectivity index (χ3v) is 5.29. The monoisotopic (exact) mass is 383 g/mol. The molecule has 2 unspecified atom stereocenters. The summed E-state index contributed by atoms with van der Waals surface area (Å²) in [5.74, 6) is 0.650. The molecular weight excluding hydrogens is 349 g/mol. The van der Waals surface area contributed by atoms with Crippen molar-refractivity contribution < 1.29 is 9.53 Å². The van der Waals surface area contributed by atoms with Crippen LogP contribution in [-0.2, 0) is 9.53 Å². The number of hydrogen-bond acceptors (Lipinski definition) is 4. The number of halogens is 2. The lowest BCUT2D eigenvalue weighted by Crippen LogP contribution is -2.49. The van der Waals surface area contributed by atoms with Crippen LogP contribution in [0, 0.1) is 5.92 Å². The normalized spacial score (nSPS) is 29.7. The van der Waals surface area contributed by atoms with Gasteiger partial charge >= 0.3 is 0 Å². The zero-order chi connectivity index (χ0) is 15.9. The second-order valence-electron chi connectivity index (χ2n) is 6.71. The average molecular weight is 384 g/mol. The molecule has 144 valence electrons. The molecule has 24 heavy (non-hydrogen) atoms. The highest BCUT2D eigenvalue weighted by molar-refractivity contribution is 5.85. The number of amides is 1. The van der Waals surface area contributed by atoms with Gasteiger partial charge in [-0.25, -0.2) is 0 Å². The molecule has 0 spiro atoms.